The summed E-state index contributed by atoms with van der Waals surface area (Å²) in [7, 11) is -3.53. The fourth-order valence-corrected chi connectivity index (χ4v) is 4.82. The predicted octanol–water partition coefficient (Wildman–Crippen LogP) is 3.51. The highest BCUT2D eigenvalue weighted by molar-refractivity contribution is 7.89. The number of carbonyl (C=O) groups excluding carboxylic acids is 1. The molecule has 0 atom stereocenters. The van der Waals surface area contributed by atoms with E-state index in [9.17, 15) is 13.2 Å². The maximum Gasteiger partial charge on any atom is 0.253 e. The van der Waals surface area contributed by atoms with Crippen LogP contribution in [-0.2, 0) is 10.0 Å². The Hall–Kier alpha value is -1.40. The van der Waals surface area contributed by atoms with Gasteiger partial charge in [-0.25, -0.2) is 8.42 Å². The van der Waals surface area contributed by atoms with Crippen LogP contribution in [0.25, 0.3) is 0 Å². The Morgan fingerprint density at radius 2 is 1.64 bits per heavy atom. The first kappa shape index (κ1) is 19.9. The van der Waals surface area contributed by atoms with E-state index in [-0.39, 0.29) is 10.8 Å². The molecule has 6 heteroatoms. The molecule has 1 aromatic rings. The first-order chi connectivity index (χ1) is 12.0. The van der Waals surface area contributed by atoms with Crippen molar-refractivity contribution >= 4 is 15.9 Å². The second-order valence-electron chi connectivity index (χ2n) is 6.64. The number of nitrogens with zero attached hydrogens (tertiary/aromatic N) is 2. The van der Waals surface area contributed by atoms with Crippen LogP contribution in [0, 0.1) is 0 Å². The molecular weight excluding hydrogens is 336 g/mol. The van der Waals surface area contributed by atoms with Gasteiger partial charge in [-0.15, -0.1) is 0 Å². The van der Waals surface area contributed by atoms with Gasteiger partial charge in [-0.2, -0.15) is 4.31 Å². The fourth-order valence-electron chi connectivity index (χ4n) is 3.26. The lowest BCUT2D eigenvalue weighted by molar-refractivity contribution is 0.0755. The monoisotopic (exact) mass is 366 g/mol. The van der Waals surface area contributed by atoms with Crippen molar-refractivity contribution in [1.29, 1.82) is 0 Å². The van der Waals surface area contributed by atoms with Crippen molar-refractivity contribution < 1.29 is 13.2 Å². The van der Waals surface area contributed by atoms with Crippen molar-refractivity contribution in [2.24, 2.45) is 0 Å². The van der Waals surface area contributed by atoms with Gasteiger partial charge in [0.2, 0.25) is 10.0 Å². The van der Waals surface area contributed by atoms with Crippen LogP contribution in [-0.4, -0.2) is 49.7 Å². The number of carbonyl (C=O) groups is 1. The van der Waals surface area contributed by atoms with Gasteiger partial charge >= 0.3 is 0 Å². The molecule has 1 fully saturated rings. The van der Waals surface area contributed by atoms with Crippen molar-refractivity contribution in [3.63, 3.8) is 0 Å². The Labute approximate surface area is 152 Å². The zero-order chi connectivity index (χ0) is 18.3. The molecule has 0 spiro atoms. The minimum absolute atomic E-state index is 0.0865. The van der Waals surface area contributed by atoms with Gasteiger partial charge in [-0.3, -0.25) is 4.79 Å². The number of hydrogen-bond donors (Lipinski definition) is 0. The van der Waals surface area contributed by atoms with Crippen LogP contribution in [0.5, 0.6) is 0 Å². The van der Waals surface area contributed by atoms with Crippen molar-refractivity contribution in [3.8, 4) is 0 Å². The summed E-state index contributed by atoms with van der Waals surface area (Å²) in [5.41, 5.74) is 0.456. The molecule has 0 aromatic heterocycles. The van der Waals surface area contributed by atoms with Gasteiger partial charge in [0, 0.05) is 31.7 Å². The Morgan fingerprint density at radius 3 is 2.20 bits per heavy atom. The molecule has 0 unspecified atom stereocenters. The second-order valence-corrected chi connectivity index (χ2v) is 8.58. The molecule has 25 heavy (non-hydrogen) atoms. The van der Waals surface area contributed by atoms with E-state index in [2.05, 4.69) is 0 Å². The van der Waals surface area contributed by atoms with Crippen molar-refractivity contribution in [2.75, 3.05) is 26.2 Å². The normalized spacial score (nSPS) is 16.4. The Morgan fingerprint density at radius 1 is 1.04 bits per heavy atom. The predicted molar refractivity (Wildman–Crippen MR) is 100 cm³/mol. The van der Waals surface area contributed by atoms with E-state index in [0.29, 0.717) is 31.7 Å². The molecule has 0 bridgehead atoms. The highest BCUT2D eigenvalue weighted by Gasteiger charge is 2.26. The number of hydrogen-bond acceptors (Lipinski definition) is 3. The van der Waals surface area contributed by atoms with Crippen LogP contribution in [0.1, 0.15) is 62.7 Å². The van der Waals surface area contributed by atoms with Gasteiger partial charge in [0.05, 0.1) is 4.90 Å². The van der Waals surface area contributed by atoms with Crippen LogP contribution in [0.2, 0.25) is 0 Å². The topological polar surface area (TPSA) is 57.7 Å². The van der Waals surface area contributed by atoms with E-state index in [0.717, 1.165) is 38.5 Å². The lowest BCUT2D eigenvalue weighted by Gasteiger charge is -2.23. The summed E-state index contributed by atoms with van der Waals surface area (Å²) in [6, 6.07) is 6.53. The van der Waals surface area contributed by atoms with Gasteiger partial charge in [-0.05, 0) is 43.9 Å². The minimum atomic E-state index is -3.53. The van der Waals surface area contributed by atoms with E-state index in [1.165, 1.54) is 0 Å². The zero-order valence-corrected chi connectivity index (χ0v) is 16.2. The summed E-state index contributed by atoms with van der Waals surface area (Å²) >= 11 is 0. The molecule has 0 radical (unpaired) electrons. The van der Waals surface area contributed by atoms with Crippen LogP contribution >= 0.6 is 0 Å². The molecule has 0 saturated carbocycles. The van der Waals surface area contributed by atoms with Crippen LogP contribution in [0.3, 0.4) is 0 Å². The zero-order valence-electron chi connectivity index (χ0n) is 15.4. The molecule has 140 valence electrons. The first-order valence-electron chi connectivity index (χ1n) is 9.40. The summed E-state index contributed by atoms with van der Waals surface area (Å²) in [5.74, 6) is -0.0865. The van der Waals surface area contributed by atoms with Gasteiger partial charge < -0.3 is 4.90 Å². The molecular formula is C19H30N2O3S. The van der Waals surface area contributed by atoms with Crippen molar-refractivity contribution in [2.45, 2.75) is 57.3 Å². The van der Waals surface area contributed by atoms with E-state index in [4.69, 9.17) is 0 Å². The lowest BCUT2D eigenvalue weighted by atomic mass is 10.2. The summed E-state index contributed by atoms with van der Waals surface area (Å²) in [6.07, 6.45) is 5.73. The Balaban J connectivity index is 2.26. The van der Waals surface area contributed by atoms with E-state index >= 15 is 0 Å². The summed E-state index contributed by atoms with van der Waals surface area (Å²) in [5, 5.41) is 0. The molecule has 1 amide bonds. The van der Waals surface area contributed by atoms with Gasteiger partial charge in [0.15, 0.2) is 0 Å². The van der Waals surface area contributed by atoms with Gasteiger partial charge in [0.1, 0.15) is 0 Å². The average Bonchev–Trinajstić information content (AvgIpc) is 2.91. The number of sulfonamides is 1. The van der Waals surface area contributed by atoms with E-state index in [1.807, 2.05) is 13.8 Å². The van der Waals surface area contributed by atoms with Crippen LogP contribution < -0.4 is 0 Å². The SMILES string of the molecule is CCCN(CCC)C(=O)c1cccc(S(=O)(=O)N2CCCCCC2)c1. The molecule has 1 aliphatic heterocycles. The molecule has 0 aliphatic carbocycles. The summed E-state index contributed by atoms with van der Waals surface area (Å²) in [4.78, 5) is 14.8. The molecule has 0 N–H and O–H groups in total. The van der Waals surface area contributed by atoms with Crippen LogP contribution in [0.15, 0.2) is 29.2 Å². The molecule has 1 aliphatic rings. The highest BCUT2D eigenvalue weighted by atomic mass is 32.2. The maximum atomic E-state index is 12.9. The standard InChI is InChI=1S/C19H30N2O3S/c1-3-12-20(13-4-2)19(22)17-10-9-11-18(16-17)25(23,24)21-14-7-5-6-8-15-21/h9-11,16H,3-8,12-15H2,1-2H3. The van der Waals surface area contributed by atoms with E-state index in [1.54, 1.807) is 33.5 Å². The van der Waals surface area contributed by atoms with Crippen molar-refractivity contribution in [3.05, 3.63) is 29.8 Å². The highest BCUT2D eigenvalue weighted by Crippen LogP contribution is 2.21. The summed E-state index contributed by atoms with van der Waals surface area (Å²) in [6.45, 7) is 6.59. The smallest absolute Gasteiger partial charge is 0.253 e. The number of benzene rings is 1. The largest absolute Gasteiger partial charge is 0.339 e. The molecule has 1 aromatic carbocycles. The van der Waals surface area contributed by atoms with E-state index < -0.39 is 10.0 Å². The molecule has 1 saturated heterocycles. The number of amides is 1. The minimum Gasteiger partial charge on any atom is -0.339 e. The third kappa shape index (κ3) is 5.05. The first-order valence-corrected chi connectivity index (χ1v) is 10.8. The fraction of sp³-hybridized carbons (Fsp3) is 0.632. The quantitative estimate of drug-likeness (QED) is 0.742. The second kappa shape index (κ2) is 9.34. The third-order valence-corrected chi connectivity index (χ3v) is 6.45. The third-order valence-electron chi connectivity index (χ3n) is 4.56. The number of rotatable bonds is 7. The maximum absolute atomic E-state index is 12.9. The molecule has 5 nitrogen and oxygen atoms in total. The Kier molecular flexibility index (Phi) is 7.44. The van der Waals surface area contributed by atoms with Crippen molar-refractivity contribution in [1.82, 2.24) is 9.21 Å². The van der Waals surface area contributed by atoms with Crippen LogP contribution in [0.4, 0.5) is 0 Å². The molecule has 2 rings (SSSR count). The molecule has 1 heterocycles. The lowest BCUT2D eigenvalue weighted by Crippen LogP contribution is -2.33. The summed E-state index contributed by atoms with van der Waals surface area (Å²) < 4.78 is 27.4. The van der Waals surface area contributed by atoms with Gasteiger partial charge in [0.25, 0.3) is 5.91 Å². The Bertz CT molecular complexity index is 659. The average molecular weight is 367 g/mol. The van der Waals surface area contributed by atoms with Gasteiger partial charge in [-0.1, -0.05) is 32.8 Å².